The van der Waals surface area contributed by atoms with E-state index in [0.29, 0.717) is 24.9 Å². The highest BCUT2D eigenvalue weighted by Crippen LogP contribution is 2.39. The van der Waals surface area contributed by atoms with Crippen molar-refractivity contribution in [3.63, 3.8) is 0 Å². The van der Waals surface area contributed by atoms with Crippen molar-refractivity contribution in [1.82, 2.24) is 15.1 Å². The molecule has 0 saturated carbocycles. The average molecular weight is 399 g/mol. The van der Waals surface area contributed by atoms with Crippen LogP contribution in [-0.4, -0.2) is 21.7 Å². The molecule has 0 radical (unpaired) electrons. The fourth-order valence-electron chi connectivity index (χ4n) is 3.55. The van der Waals surface area contributed by atoms with E-state index in [9.17, 15) is 0 Å². The van der Waals surface area contributed by atoms with Crippen LogP contribution in [0.4, 0.5) is 0 Å². The molecule has 6 nitrogen and oxygen atoms in total. The Morgan fingerprint density at radius 3 is 2.83 bits per heavy atom. The molecule has 0 unspecified atom stereocenters. The Morgan fingerprint density at radius 2 is 1.97 bits per heavy atom. The minimum absolute atomic E-state index is 0.0504. The SMILES string of the molecule is Cc1cc2c(cc1C)[C@@H](c1nc(-c3cccc(OCc4cccnc4)c3)no1)CO2. The molecule has 4 aromatic rings. The number of fused-ring (bicyclic) bond motifs is 1. The summed E-state index contributed by atoms with van der Waals surface area (Å²) in [6, 6.07) is 15.8. The van der Waals surface area contributed by atoms with Gasteiger partial charge >= 0.3 is 0 Å². The molecule has 0 saturated heterocycles. The number of pyridine rings is 1. The van der Waals surface area contributed by atoms with Gasteiger partial charge in [-0.25, -0.2) is 0 Å². The van der Waals surface area contributed by atoms with Gasteiger partial charge in [0.25, 0.3) is 0 Å². The number of benzene rings is 2. The zero-order valence-corrected chi connectivity index (χ0v) is 16.8. The van der Waals surface area contributed by atoms with Crippen LogP contribution in [0.15, 0.2) is 65.4 Å². The van der Waals surface area contributed by atoms with Gasteiger partial charge < -0.3 is 14.0 Å². The molecule has 0 amide bonds. The predicted octanol–water partition coefficient (Wildman–Crippen LogP) is 4.85. The molecular weight excluding hydrogens is 378 g/mol. The zero-order chi connectivity index (χ0) is 20.5. The van der Waals surface area contributed by atoms with Crippen LogP contribution in [0.5, 0.6) is 11.5 Å². The number of aryl methyl sites for hydroxylation is 2. The molecule has 150 valence electrons. The first-order valence-corrected chi connectivity index (χ1v) is 9.87. The summed E-state index contributed by atoms with van der Waals surface area (Å²) in [5.74, 6) is 2.69. The Hall–Kier alpha value is -3.67. The number of nitrogens with zero attached hydrogens (tertiary/aromatic N) is 3. The molecule has 6 heteroatoms. The molecular formula is C24H21N3O3. The Bertz CT molecular complexity index is 1190. The predicted molar refractivity (Wildman–Crippen MR) is 112 cm³/mol. The first-order chi connectivity index (χ1) is 14.7. The van der Waals surface area contributed by atoms with Crippen molar-refractivity contribution < 1.29 is 14.0 Å². The van der Waals surface area contributed by atoms with Gasteiger partial charge in [0.2, 0.25) is 11.7 Å². The molecule has 5 rings (SSSR count). The highest BCUT2D eigenvalue weighted by atomic mass is 16.5. The third kappa shape index (κ3) is 3.52. The maximum absolute atomic E-state index is 5.89. The third-order valence-electron chi connectivity index (χ3n) is 5.37. The molecule has 1 atom stereocenters. The number of aromatic nitrogens is 3. The lowest BCUT2D eigenvalue weighted by atomic mass is 9.97. The van der Waals surface area contributed by atoms with Crippen LogP contribution >= 0.6 is 0 Å². The number of hydrogen-bond acceptors (Lipinski definition) is 6. The third-order valence-corrected chi connectivity index (χ3v) is 5.37. The van der Waals surface area contributed by atoms with E-state index in [0.717, 1.165) is 28.2 Å². The summed E-state index contributed by atoms with van der Waals surface area (Å²) >= 11 is 0. The van der Waals surface area contributed by atoms with Gasteiger partial charge in [-0.2, -0.15) is 4.98 Å². The van der Waals surface area contributed by atoms with Crippen molar-refractivity contribution in [2.75, 3.05) is 6.61 Å². The second-order valence-electron chi connectivity index (χ2n) is 7.47. The van der Waals surface area contributed by atoms with Crippen LogP contribution in [0.2, 0.25) is 0 Å². The van der Waals surface area contributed by atoms with Crippen molar-refractivity contribution in [2.24, 2.45) is 0 Å². The van der Waals surface area contributed by atoms with Crippen molar-refractivity contribution in [2.45, 2.75) is 26.4 Å². The Morgan fingerprint density at radius 1 is 1.07 bits per heavy atom. The smallest absolute Gasteiger partial charge is 0.238 e. The monoisotopic (exact) mass is 399 g/mol. The molecule has 0 bridgehead atoms. The molecule has 1 aliphatic rings. The molecule has 0 fully saturated rings. The van der Waals surface area contributed by atoms with Crippen molar-refractivity contribution in [3.05, 3.63) is 89.1 Å². The average Bonchev–Trinajstić information content (AvgIpc) is 3.41. The summed E-state index contributed by atoms with van der Waals surface area (Å²) in [6.07, 6.45) is 3.54. The maximum atomic E-state index is 5.89. The van der Waals surface area contributed by atoms with Crippen LogP contribution in [0.25, 0.3) is 11.4 Å². The summed E-state index contributed by atoms with van der Waals surface area (Å²) in [7, 11) is 0. The van der Waals surface area contributed by atoms with E-state index < -0.39 is 0 Å². The summed E-state index contributed by atoms with van der Waals surface area (Å²) in [5.41, 5.74) is 5.39. The van der Waals surface area contributed by atoms with Gasteiger partial charge in [-0.15, -0.1) is 0 Å². The van der Waals surface area contributed by atoms with E-state index in [1.165, 1.54) is 11.1 Å². The van der Waals surface area contributed by atoms with Crippen molar-refractivity contribution >= 4 is 0 Å². The van der Waals surface area contributed by atoms with Gasteiger partial charge in [-0.05, 0) is 49.2 Å². The normalized spacial score (nSPS) is 14.9. The second kappa shape index (κ2) is 7.63. The van der Waals surface area contributed by atoms with Gasteiger partial charge in [-0.3, -0.25) is 4.98 Å². The van der Waals surface area contributed by atoms with E-state index in [4.69, 9.17) is 14.0 Å². The minimum atomic E-state index is -0.0504. The van der Waals surface area contributed by atoms with E-state index in [-0.39, 0.29) is 5.92 Å². The number of rotatable bonds is 5. The quantitative estimate of drug-likeness (QED) is 0.478. The minimum Gasteiger partial charge on any atom is -0.492 e. The Balaban J connectivity index is 1.36. The van der Waals surface area contributed by atoms with Crippen LogP contribution in [0.3, 0.4) is 0 Å². The lowest BCUT2D eigenvalue weighted by Crippen LogP contribution is -2.03. The lowest BCUT2D eigenvalue weighted by Gasteiger charge is -2.07. The lowest BCUT2D eigenvalue weighted by molar-refractivity contribution is 0.305. The van der Waals surface area contributed by atoms with Crippen molar-refractivity contribution in [3.8, 4) is 22.9 Å². The molecule has 2 aromatic heterocycles. The van der Waals surface area contributed by atoms with Gasteiger partial charge in [0.1, 0.15) is 30.6 Å². The second-order valence-corrected chi connectivity index (χ2v) is 7.47. The molecule has 1 aliphatic heterocycles. The fraction of sp³-hybridized carbons (Fsp3) is 0.208. The van der Waals surface area contributed by atoms with Gasteiger partial charge in [-0.1, -0.05) is 29.4 Å². The van der Waals surface area contributed by atoms with Crippen LogP contribution in [-0.2, 0) is 6.61 Å². The molecule has 0 aliphatic carbocycles. The molecule has 0 spiro atoms. The van der Waals surface area contributed by atoms with Crippen LogP contribution in [0, 0.1) is 13.8 Å². The standard InChI is InChI=1S/C24H21N3O3/c1-15-9-20-21(14-29-22(20)10-16(15)2)24-26-23(27-30-24)18-6-3-7-19(11-18)28-13-17-5-4-8-25-12-17/h3-12,21H,13-14H2,1-2H3/t21-/m0/s1. The first-order valence-electron chi connectivity index (χ1n) is 9.87. The number of hydrogen-bond donors (Lipinski definition) is 0. The molecule has 0 N–H and O–H groups in total. The van der Waals surface area contributed by atoms with Crippen LogP contribution in [0.1, 0.15) is 34.1 Å². The molecule has 30 heavy (non-hydrogen) atoms. The van der Waals surface area contributed by atoms with Crippen LogP contribution < -0.4 is 9.47 Å². The topological polar surface area (TPSA) is 70.3 Å². The molecule has 2 aromatic carbocycles. The van der Waals surface area contributed by atoms with Gasteiger partial charge in [0, 0.05) is 29.1 Å². The summed E-state index contributed by atoms with van der Waals surface area (Å²) < 4.78 is 17.4. The van der Waals surface area contributed by atoms with Gasteiger partial charge in [0.05, 0.1) is 0 Å². The van der Waals surface area contributed by atoms with E-state index in [2.05, 4.69) is 41.1 Å². The highest BCUT2D eigenvalue weighted by Gasteiger charge is 2.31. The Kier molecular flexibility index (Phi) is 4.67. The molecule has 3 heterocycles. The largest absolute Gasteiger partial charge is 0.492 e. The van der Waals surface area contributed by atoms with Crippen molar-refractivity contribution in [1.29, 1.82) is 0 Å². The summed E-state index contributed by atoms with van der Waals surface area (Å²) in [4.78, 5) is 8.76. The summed E-state index contributed by atoms with van der Waals surface area (Å²) in [5, 5.41) is 4.20. The van der Waals surface area contributed by atoms with E-state index in [1.54, 1.807) is 12.4 Å². The Labute approximate surface area is 174 Å². The highest BCUT2D eigenvalue weighted by molar-refractivity contribution is 5.57. The fourth-order valence-corrected chi connectivity index (χ4v) is 3.55. The first kappa shape index (κ1) is 18.4. The summed E-state index contributed by atoms with van der Waals surface area (Å²) in [6.45, 7) is 5.14. The van der Waals surface area contributed by atoms with E-state index >= 15 is 0 Å². The van der Waals surface area contributed by atoms with Gasteiger partial charge in [0.15, 0.2) is 0 Å². The maximum Gasteiger partial charge on any atom is 0.238 e. The van der Waals surface area contributed by atoms with E-state index in [1.807, 2.05) is 36.4 Å². The zero-order valence-electron chi connectivity index (χ0n) is 16.8. The number of ether oxygens (including phenoxy) is 2.